The lowest BCUT2D eigenvalue weighted by atomic mass is 9.94. The molecule has 5 rings (SSSR count). The zero-order valence-electron chi connectivity index (χ0n) is 20.0. The minimum Gasteiger partial charge on any atom is -0.480 e. The number of nitrogens with zero attached hydrogens (tertiary/aromatic N) is 3. The number of aliphatic carboxylic acids is 1. The number of hydrogen-bond donors (Lipinski definition) is 3. The molecule has 4 heterocycles. The molecule has 9 heteroatoms. The number of hydrogen-bond acceptors (Lipinski definition) is 7. The van der Waals surface area contributed by atoms with Crippen LogP contribution in [0.3, 0.4) is 0 Å². The van der Waals surface area contributed by atoms with Crippen molar-refractivity contribution in [2.45, 2.75) is 75.9 Å². The number of aromatic nitrogens is 3. The molecule has 1 aliphatic carbocycles. The first-order valence-electron chi connectivity index (χ1n) is 12.5. The minimum absolute atomic E-state index is 0.0345. The van der Waals surface area contributed by atoms with Gasteiger partial charge in [0.05, 0.1) is 12.2 Å². The number of anilines is 1. The van der Waals surface area contributed by atoms with Crippen molar-refractivity contribution < 1.29 is 19.4 Å². The number of pyridine rings is 1. The molecule has 0 aromatic carbocycles. The van der Waals surface area contributed by atoms with Crippen molar-refractivity contribution in [3.63, 3.8) is 0 Å². The van der Waals surface area contributed by atoms with E-state index in [4.69, 9.17) is 14.6 Å². The molecule has 34 heavy (non-hydrogen) atoms. The van der Waals surface area contributed by atoms with Gasteiger partial charge in [0, 0.05) is 43.4 Å². The average Bonchev–Trinajstić information content (AvgIpc) is 3.53. The van der Waals surface area contributed by atoms with Crippen molar-refractivity contribution in [3.05, 3.63) is 30.2 Å². The van der Waals surface area contributed by atoms with E-state index in [1.807, 2.05) is 29.9 Å². The highest BCUT2D eigenvalue weighted by molar-refractivity contribution is 5.79. The fraction of sp³-hybridized carbons (Fsp3) is 0.640. The third-order valence-corrected chi connectivity index (χ3v) is 7.55. The summed E-state index contributed by atoms with van der Waals surface area (Å²) in [6, 6.07) is 4.03. The standard InChI is InChI=1S/C25H35N5O4/c1-3-4-17-5-10-27-25(2,24(31)32)19-14-20(19)30-15-21(23(29-30)16-7-11-33-12-8-16)34-18-6-9-26-22(13-18)28-17/h6,9,13,15-17,19-20,27H,3-5,7-8,10-12,14H2,1-2H3,(H,26,28)(H,31,32). The maximum atomic E-state index is 12.4. The predicted octanol–water partition coefficient (Wildman–Crippen LogP) is 3.94. The number of fused-ring (bicyclic) bond motifs is 6. The maximum Gasteiger partial charge on any atom is 0.323 e. The van der Waals surface area contributed by atoms with E-state index in [-0.39, 0.29) is 23.9 Å². The van der Waals surface area contributed by atoms with Crippen molar-refractivity contribution in [1.82, 2.24) is 20.1 Å². The molecule has 1 saturated carbocycles. The number of carbonyl (C=O) groups is 1. The van der Waals surface area contributed by atoms with Gasteiger partial charge in [-0.05, 0) is 51.6 Å². The summed E-state index contributed by atoms with van der Waals surface area (Å²) in [4.78, 5) is 16.9. The Morgan fingerprint density at radius 2 is 2.15 bits per heavy atom. The van der Waals surface area contributed by atoms with E-state index in [0.29, 0.717) is 19.8 Å². The molecule has 9 nitrogen and oxygen atoms in total. The summed E-state index contributed by atoms with van der Waals surface area (Å²) in [5.41, 5.74) is -0.0790. The van der Waals surface area contributed by atoms with Gasteiger partial charge in [0.1, 0.15) is 22.8 Å². The van der Waals surface area contributed by atoms with Gasteiger partial charge >= 0.3 is 5.97 Å². The topological polar surface area (TPSA) is 111 Å². The van der Waals surface area contributed by atoms with Gasteiger partial charge in [0.2, 0.25) is 0 Å². The highest BCUT2D eigenvalue weighted by atomic mass is 16.5. The highest BCUT2D eigenvalue weighted by Crippen LogP contribution is 2.51. The molecule has 0 radical (unpaired) electrons. The summed E-state index contributed by atoms with van der Waals surface area (Å²) in [5, 5.41) is 22.0. The molecule has 3 N–H and O–H groups in total. The molecular formula is C25H35N5O4. The molecule has 4 unspecified atom stereocenters. The van der Waals surface area contributed by atoms with Gasteiger partial charge in [-0.2, -0.15) is 5.10 Å². The van der Waals surface area contributed by atoms with Crippen LogP contribution in [0.1, 0.15) is 70.0 Å². The summed E-state index contributed by atoms with van der Waals surface area (Å²) in [7, 11) is 0. The lowest BCUT2D eigenvalue weighted by Crippen LogP contribution is -2.53. The molecule has 1 saturated heterocycles. The Kier molecular flexibility index (Phi) is 6.48. The third-order valence-electron chi connectivity index (χ3n) is 7.55. The lowest BCUT2D eigenvalue weighted by Gasteiger charge is -2.28. The van der Waals surface area contributed by atoms with Gasteiger partial charge in [-0.15, -0.1) is 0 Å². The molecule has 3 aliphatic rings. The molecular weight excluding hydrogens is 434 g/mol. The summed E-state index contributed by atoms with van der Waals surface area (Å²) in [5.74, 6) is 1.63. The van der Waals surface area contributed by atoms with Gasteiger partial charge in [-0.1, -0.05) is 13.3 Å². The Morgan fingerprint density at radius 1 is 1.32 bits per heavy atom. The second kappa shape index (κ2) is 9.54. The molecule has 2 aromatic rings. The van der Waals surface area contributed by atoms with Crippen LogP contribution in [0.15, 0.2) is 24.5 Å². The van der Waals surface area contributed by atoms with Crippen LogP contribution in [0.5, 0.6) is 11.5 Å². The first kappa shape index (κ1) is 23.1. The monoisotopic (exact) mass is 469 g/mol. The zero-order valence-corrected chi connectivity index (χ0v) is 20.0. The van der Waals surface area contributed by atoms with Crippen LogP contribution in [0.25, 0.3) is 0 Å². The third kappa shape index (κ3) is 4.63. The fourth-order valence-corrected chi connectivity index (χ4v) is 5.38. The summed E-state index contributed by atoms with van der Waals surface area (Å²) in [6.45, 7) is 6.00. The smallest absolute Gasteiger partial charge is 0.323 e. The average molecular weight is 470 g/mol. The molecule has 0 spiro atoms. The molecule has 4 bridgehead atoms. The van der Waals surface area contributed by atoms with Crippen LogP contribution < -0.4 is 15.4 Å². The summed E-state index contributed by atoms with van der Waals surface area (Å²) >= 11 is 0. The van der Waals surface area contributed by atoms with Crippen molar-refractivity contribution in [2.24, 2.45) is 5.92 Å². The van der Waals surface area contributed by atoms with Crippen LogP contribution >= 0.6 is 0 Å². The van der Waals surface area contributed by atoms with Crippen LogP contribution in [0.4, 0.5) is 5.82 Å². The van der Waals surface area contributed by atoms with Crippen LogP contribution in [-0.4, -0.2) is 57.2 Å². The van der Waals surface area contributed by atoms with E-state index in [2.05, 4.69) is 22.5 Å². The molecule has 0 amide bonds. The van der Waals surface area contributed by atoms with Crippen LogP contribution in [0, 0.1) is 5.92 Å². The van der Waals surface area contributed by atoms with Gasteiger partial charge in [-0.25, -0.2) is 4.98 Å². The van der Waals surface area contributed by atoms with E-state index >= 15 is 0 Å². The normalized spacial score (nSPS) is 29.6. The van der Waals surface area contributed by atoms with Crippen molar-refractivity contribution in [1.29, 1.82) is 0 Å². The van der Waals surface area contributed by atoms with Gasteiger partial charge in [0.25, 0.3) is 0 Å². The van der Waals surface area contributed by atoms with Crippen molar-refractivity contribution in [2.75, 3.05) is 25.1 Å². The Hall–Kier alpha value is -2.65. The molecule has 4 atom stereocenters. The number of carboxylic acids is 1. The number of rotatable bonds is 4. The van der Waals surface area contributed by atoms with E-state index < -0.39 is 11.5 Å². The van der Waals surface area contributed by atoms with E-state index in [1.165, 1.54) is 0 Å². The zero-order chi connectivity index (χ0) is 23.7. The second-order valence-electron chi connectivity index (χ2n) is 9.99. The van der Waals surface area contributed by atoms with Crippen LogP contribution in [0.2, 0.25) is 0 Å². The first-order valence-corrected chi connectivity index (χ1v) is 12.5. The largest absolute Gasteiger partial charge is 0.480 e. The first-order chi connectivity index (χ1) is 16.5. The van der Waals surface area contributed by atoms with Crippen molar-refractivity contribution >= 4 is 11.8 Å². The number of carboxylic acid groups (broad SMARTS) is 1. The van der Waals surface area contributed by atoms with E-state index in [0.717, 1.165) is 61.5 Å². The molecule has 2 aromatic heterocycles. The lowest BCUT2D eigenvalue weighted by molar-refractivity contribution is -0.145. The maximum absolute atomic E-state index is 12.4. The van der Waals surface area contributed by atoms with Gasteiger partial charge in [0.15, 0.2) is 5.75 Å². The fourth-order valence-electron chi connectivity index (χ4n) is 5.38. The Balaban J connectivity index is 1.52. The second-order valence-corrected chi connectivity index (χ2v) is 9.99. The Bertz CT molecular complexity index is 1020. The quantitative estimate of drug-likeness (QED) is 0.618. The van der Waals surface area contributed by atoms with Crippen molar-refractivity contribution in [3.8, 4) is 11.5 Å². The van der Waals surface area contributed by atoms with Gasteiger partial charge in [-0.3, -0.25) is 9.48 Å². The van der Waals surface area contributed by atoms with Crippen LogP contribution in [-0.2, 0) is 9.53 Å². The molecule has 2 fully saturated rings. The summed E-state index contributed by atoms with van der Waals surface area (Å²) in [6.07, 6.45) is 9.10. The van der Waals surface area contributed by atoms with E-state index in [9.17, 15) is 9.90 Å². The Labute approximate surface area is 200 Å². The summed E-state index contributed by atoms with van der Waals surface area (Å²) < 4.78 is 13.9. The van der Waals surface area contributed by atoms with E-state index in [1.54, 1.807) is 6.20 Å². The predicted molar refractivity (Wildman–Crippen MR) is 127 cm³/mol. The Morgan fingerprint density at radius 3 is 2.91 bits per heavy atom. The molecule has 2 aliphatic heterocycles. The highest BCUT2D eigenvalue weighted by Gasteiger charge is 2.56. The SMILES string of the molecule is CCCC1CCNC(C)(C(=O)O)C2CC2n2cc(c(C3CCOCC3)n2)Oc2ccnc(c2)N1. The number of ether oxygens (including phenoxy) is 2. The van der Waals surface area contributed by atoms with Gasteiger partial charge < -0.3 is 25.2 Å². The molecule has 184 valence electrons. The minimum atomic E-state index is -1.01. The number of nitrogens with one attached hydrogen (secondary N) is 2.